The number of benzene rings is 1. The number of aromatic nitrogens is 4. The molecule has 1 aromatic carbocycles. The number of rotatable bonds is 5. The molecule has 0 unspecified atom stereocenters. The summed E-state index contributed by atoms with van der Waals surface area (Å²) < 4.78 is 18.0. The third kappa shape index (κ3) is 3.26. The van der Waals surface area contributed by atoms with E-state index in [1.165, 1.54) is 11.8 Å². The Morgan fingerprint density at radius 2 is 2.29 bits per heavy atom. The lowest BCUT2D eigenvalue weighted by molar-refractivity contribution is -0.0168. The summed E-state index contributed by atoms with van der Waals surface area (Å²) in [6, 6.07) is 7.49. The average Bonchev–Trinajstić information content (AvgIpc) is 3.25. The van der Waals surface area contributed by atoms with Crippen LogP contribution in [-0.4, -0.2) is 27.0 Å². The lowest BCUT2D eigenvalue weighted by Crippen LogP contribution is -2.13. The summed E-state index contributed by atoms with van der Waals surface area (Å²) in [5.41, 5.74) is 1.96. The molecule has 0 spiro atoms. The van der Waals surface area contributed by atoms with Gasteiger partial charge in [0.2, 0.25) is 5.16 Å². The van der Waals surface area contributed by atoms with Crippen LogP contribution in [0.2, 0.25) is 5.02 Å². The van der Waals surface area contributed by atoms with Crippen LogP contribution in [0.4, 0.5) is 0 Å². The van der Waals surface area contributed by atoms with Crippen molar-refractivity contribution in [3.05, 3.63) is 52.4 Å². The van der Waals surface area contributed by atoms with Gasteiger partial charge in [0.25, 0.3) is 0 Å². The van der Waals surface area contributed by atoms with Crippen molar-refractivity contribution in [2.45, 2.75) is 24.1 Å². The lowest BCUT2D eigenvalue weighted by atomic mass is 10.1. The molecule has 4 rings (SSSR count). The Balaban J connectivity index is 1.52. The van der Waals surface area contributed by atoms with Crippen LogP contribution in [0.5, 0.6) is 5.75 Å². The first kappa shape index (κ1) is 15.5. The fourth-order valence-electron chi connectivity index (χ4n) is 2.46. The van der Waals surface area contributed by atoms with Crippen LogP contribution in [0.15, 0.2) is 40.1 Å². The largest absolute Gasteiger partial charge is 0.467 e. The molecule has 7 nitrogen and oxygen atoms in total. The highest BCUT2D eigenvalue weighted by molar-refractivity contribution is 7.98. The molecule has 2 aromatic heterocycles. The smallest absolute Gasteiger partial charge is 0.210 e. The van der Waals surface area contributed by atoms with Gasteiger partial charge in [0, 0.05) is 21.9 Å². The van der Waals surface area contributed by atoms with Crippen molar-refractivity contribution < 1.29 is 13.9 Å². The maximum Gasteiger partial charge on any atom is 0.210 e. The summed E-state index contributed by atoms with van der Waals surface area (Å²) in [5.74, 6) is 2.27. The fourth-order valence-corrected chi connectivity index (χ4v) is 3.56. The minimum Gasteiger partial charge on any atom is -0.467 e. The van der Waals surface area contributed by atoms with E-state index >= 15 is 0 Å². The molecule has 0 aliphatic carbocycles. The molecular formula is C15H13ClN4O3S. The zero-order valence-electron chi connectivity index (χ0n) is 12.5. The van der Waals surface area contributed by atoms with Crippen LogP contribution in [0.25, 0.3) is 0 Å². The van der Waals surface area contributed by atoms with Crippen molar-refractivity contribution in [3.63, 3.8) is 0 Å². The number of nitrogens with zero attached hydrogens (tertiary/aromatic N) is 4. The predicted octanol–water partition coefficient (Wildman–Crippen LogP) is 3.13. The highest BCUT2D eigenvalue weighted by atomic mass is 35.5. The highest BCUT2D eigenvalue weighted by Crippen LogP contribution is 2.35. The molecule has 0 N–H and O–H groups in total. The minimum atomic E-state index is 0.253. The fraction of sp³-hybridized carbons (Fsp3) is 0.267. The zero-order chi connectivity index (χ0) is 16.4. The van der Waals surface area contributed by atoms with E-state index in [0.717, 1.165) is 22.6 Å². The Morgan fingerprint density at radius 3 is 3.17 bits per heavy atom. The molecule has 0 bridgehead atoms. The first-order valence-electron chi connectivity index (χ1n) is 7.23. The Kier molecular flexibility index (Phi) is 4.42. The number of furan rings is 1. The number of hydrogen-bond donors (Lipinski definition) is 0. The van der Waals surface area contributed by atoms with Gasteiger partial charge in [0.15, 0.2) is 6.79 Å². The summed E-state index contributed by atoms with van der Waals surface area (Å²) >= 11 is 7.71. The molecule has 3 aromatic rings. The second-order valence-corrected chi connectivity index (χ2v) is 6.53. The van der Waals surface area contributed by atoms with E-state index in [1.807, 2.05) is 24.3 Å². The van der Waals surface area contributed by atoms with Crippen LogP contribution >= 0.6 is 23.4 Å². The number of tetrazole rings is 1. The molecule has 0 amide bonds. The zero-order valence-corrected chi connectivity index (χ0v) is 14.1. The van der Waals surface area contributed by atoms with Gasteiger partial charge in [-0.25, -0.2) is 4.68 Å². The third-order valence-corrected chi connectivity index (χ3v) is 4.72. The first-order valence-corrected chi connectivity index (χ1v) is 8.59. The Hall–Kier alpha value is -2.03. The maximum atomic E-state index is 6.19. The molecule has 9 heteroatoms. The van der Waals surface area contributed by atoms with Crippen molar-refractivity contribution in [2.75, 3.05) is 6.79 Å². The molecule has 1 aliphatic rings. The molecule has 0 fully saturated rings. The average molecular weight is 365 g/mol. The van der Waals surface area contributed by atoms with Crippen molar-refractivity contribution in [1.29, 1.82) is 0 Å². The number of hydrogen-bond acceptors (Lipinski definition) is 7. The maximum absolute atomic E-state index is 6.19. The first-order chi connectivity index (χ1) is 11.8. The summed E-state index contributed by atoms with van der Waals surface area (Å²) in [7, 11) is 0. The van der Waals surface area contributed by atoms with Crippen LogP contribution in [0.3, 0.4) is 0 Å². The van der Waals surface area contributed by atoms with Crippen LogP contribution in [-0.2, 0) is 23.6 Å². The Morgan fingerprint density at radius 1 is 1.33 bits per heavy atom. The quantitative estimate of drug-likeness (QED) is 0.644. The van der Waals surface area contributed by atoms with Crippen molar-refractivity contribution in [1.82, 2.24) is 20.2 Å². The highest BCUT2D eigenvalue weighted by Gasteiger charge is 2.18. The molecule has 0 radical (unpaired) electrons. The van der Waals surface area contributed by atoms with Crippen LogP contribution in [0.1, 0.15) is 16.9 Å². The van der Waals surface area contributed by atoms with Gasteiger partial charge in [-0.1, -0.05) is 23.4 Å². The monoisotopic (exact) mass is 364 g/mol. The minimum absolute atomic E-state index is 0.253. The molecule has 3 heterocycles. The number of ether oxygens (including phenoxy) is 2. The van der Waals surface area contributed by atoms with Gasteiger partial charge < -0.3 is 13.9 Å². The summed E-state index contributed by atoms with van der Waals surface area (Å²) in [6.45, 7) is 1.24. The third-order valence-electron chi connectivity index (χ3n) is 3.49. The number of halogens is 1. The van der Waals surface area contributed by atoms with E-state index in [2.05, 4.69) is 15.5 Å². The number of thioether (sulfide) groups is 1. The lowest BCUT2D eigenvalue weighted by Gasteiger charge is -2.20. The van der Waals surface area contributed by atoms with Gasteiger partial charge in [-0.3, -0.25) is 0 Å². The van der Waals surface area contributed by atoms with Crippen molar-refractivity contribution >= 4 is 23.4 Å². The summed E-state index contributed by atoms with van der Waals surface area (Å²) in [5, 5.41) is 13.2. The normalized spacial score (nSPS) is 13.5. The van der Waals surface area contributed by atoms with E-state index < -0.39 is 0 Å². The van der Waals surface area contributed by atoms with Gasteiger partial charge in [-0.05, 0) is 34.7 Å². The molecule has 0 saturated carbocycles. The van der Waals surface area contributed by atoms with E-state index in [0.29, 0.717) is 29.1 Å². The topological polar surface area (TPSA) is 75.2 Å². The van der Waals surface area contributed by atoms with Gasteiger partial charge in [0.05, 0.1) is 12.9 Å². The standard InChI is InChI=1S/C15H13ClN4O3S/c16-12-4-10-7-21-9-23-14(10)11(5-12)8-24-15-17-18-19-20(15)6-13-2-1-3-22-13/h1-5H,6-9H2. The SMILES string of the molecule is Clc1cc2c(c(CSc3nnnn3Cc3ccco3)c1)OCOC2. The van der Waals surface area contributed by atoms with Gasteiger partial charge >= 0.3 is 0 Å². The predicted molar refractivity (Wildman–Crippen MR) is 86.9 cm³/mol. The van der Waals surface area contributed by atoms with Gasteiger partial charge in [0.1, 0.15) is 18.1 Å². The van der Waals surface area contributed by atoms with E-state index in [4.69, 9.17) is 25.5 Å². The van der Waals surface area contributed by atoms with Gasteiger partial charge in [-0.15, -0.1) is 5.10 Å². The van der Waals surface area contributed by atoms with E-state index in [-0.39, 0.29) is 6.79 Å². The Bertz CT molecular complexity index is 837. The molecule has 0 atom stereocenters. The van der Waals surface area contributed by atoms with E-state index in [9.17, 15) is 0 Å². The molecular weight excluding hydrogens is 352 g/mol. The molecule has 124 valence electrons. The molecule has 1 aliphatic heterocycles. The van der Waals surface area contributed by atoms with Crippen LogP contribution < -0.4 is 4.74 Å². The molecule has 24 heavy (non-hydrogen) atoms. The Labute approximate surface area is 146 Å². The van der Waals surface area contributed by atoms with Crippen molar-refractivity contribution in [3.8, 4) is 5.75 Å². The second kappa shape index (κ2) is 6.84. The van der Waals surface area contributed by atoms with Crippen LogP contribution in [0, 0.1) is 0 Å². The second-order valence-electron chi connectivity index (χ2n) is 5.15. The van der Waals surface area contributed by atoms with E-state index in [1.54, 1.807) is 10.9 Å². The molecule has 0 saturated heterocycles. The number of fused-ring (bicyclic) bond motifs is 1. The van der Waals surface area contributed by atoms with Gasteiger partial charge in [-0.2, -0.15) is 0 Å². The summed E-state index contributed by atoms with van der Waals surface area (Å²) in [4.78, 5) is 0. The van der Waals surface area contributed by atoms with Crippen molar-refractivity contribution in [2.24, 2.45) is 0 Å². The summed E-state index contributed by atoms with van der Waals surface area (Å²) in [6.07, 6.45) is 1.63.